The zero-order valence-electron chi connectivity index (χ0n) is 13.7. The second kappa shape index (κ2) is 9.38. The molecule has 118 valence electrons. The number of rotatable bonds is 8. The molecule has 2 unspecified atom stereocenters. The molecule has 2 atom stereocenters. The molecule has 0 aromatic rings. The van der Waals surface area contributed by atoms with Gasteiger partial charge in [0.1, 0.15) is 0 Å². The Kier molecular flexibility index (Phi) is 8.20. The maximum atomic E-state index is 11.7. The van der Waals surface area contributed by atoms with E-state index >= 15 is 0 Å². The smallest absolute Gasteiger partial charge is 0.306 e. The van der Waals surface area contributed by atoms with Crippen molar-refractivity contribution in [3.05, 3.63) is 0 Å². The van der Waals surface area contributed by atoms with E-state index in [-0.39, 0.29) is 5.97 Å². The molecule has 0 spiro atoms. The lowest BCUT2D eigenvalue weighted by Crippen LogP contribution is -2.28. The SMILES string of the molecule is CCCOC(=O)CC(C)C1CCC(OC(C)CC)CC1. The van der Waals surface area contributed by atoms with Crippen molar-refractivity contribution in [3.63, 3.8) is 0 Å². The molecule has 0 aliphatic heterocycles. The monoisotopic (exact) mass is 284 g/mol. The quantitative estimate of drug-likeness (QED) is 0.622. The predicted molar refractivity (Wildman–Crippen MR) is 81.6 cm³/mol. The molecule has 1 aliphatic carbocycles. The minimum Gasteiger partial charge on any atom is -0.466 e. The summed E-state index contributed by atoms with van der Waals surface area (Å²) in [6.45, 7) is 9.09. The first kappa shape index (κ1) is 17.5. The van der Waals surface area contributed by atoms with Crippen molar-refractivity contribution in [2.24, 2.45) is 11.8 Å². The Morgan fingerprint density at radius 3 is 2.35 bits per heavy atom. The molecule has 0 bridgehead atoms. The van der Waals surface area contributed by atoms with Crippen LogP contribution in [0.25, 0.3) is 0 Å². The first-order valence-electron chi connectivity index (χ1n) is 8.37. The van der Waals surface area contributed by atoms with Crippen LogP contribution >= 0.6 is 0 Å². The van der Waals surface area contributed by atoms with E-state index in [1.807, 2.05) is 6.92 Å². The van der Waals surface area contributed by atoms with Gasteiger partial charge in [-0.1, -0.05) is 20.8 Å². The highest BCUT2D eigenvalue weighted by Gasteiger charge is 2.27. The van der Waals surface area contributed by atoms with Crippen molar-refractivity contribution < 1.29 is 14.3 Å². The Morgan fingerprint density at radius 1 is 1.15 bits per heavy atom. The molecule has 0 saturated heterocycles. The number of esters is 1. The van der Waals surface area contributed by atoms with E-state index in [0.717, 1.165) is 25.7 Å². The normalized spacial score (nSPS) is 26.0. The molecule has 3 heteroatoms. The molecule has 0 aromatic carbocycles. The van der Waals surface area contributed by atoms with E-state index in [4.69, 9.17) is 9.47 Å². The number of hydrogen-bond donors (Lipinski definition) is 0. The largest absolute Gasteiger partial charge is 0.466 e. The molecular formula is C17H32O3. The third kappa shape index (κ3) is 6.25. The molecule has 0 N–H and O–H groups in total. The van der Waals surface area contributed by atoms with Gasteiger partial charge in [0, 0.05) is 6.42 Å². The van der Waals surface area contributed by atoms with Crippen LogP contribution in [0.15, 0.2) is 0 Å². The summed E-state index contributed by atoms with van der Waals surface area (Å²) in [4.78, 5) is 11.7. The predicted octanol–water partition coefficient (Wildman–Crippen LogP) is 4.34. The molecule has 1 fully saturated rings. The van der Waals surface area contributed by atoms with Crippen molar-refractivity contribution in [1.29, 1.82) is 0 Å². The zero-order valence-corrected chi connectivity index (χ0v) is 13.7. The molecule has 0 heterocycles. The summed E-state index contributed by atoms with van der Waals surface area (Å²) in [5.74, 6) is 1.06. The maximum Gasteiger partial charge on any atom is 0.306 e. The highest BCUT2D eigenvalue weighted by atomic mass is 16.5. The van der Waals surface area contributed by atoms with Gasteiger partial charge in [-0.3, -0.25) is 4.79 Å². The molecule has 1 rings (SSSR count). The number of hydrogen-bond acceptors (Lipinski definition) is 3. The molecule has 0 amide bonds. The average molecular weight is 284 g/mol. The minimum absolute atomic E-state index is 0.0303. The minimum atomic E-state index is -0.0303. The van der Waals surface area contributed by atoms with E-state index in [0.29, 0.717) is 37.1 Å². The summed E-state index contributed by atoms with van der Waals surface area (Å²) >= 11 is 0. The molecule has 20 heavy (non-hydrogen) atoms. The topological polar surface area (TPSA) is 35.5 Å². The number of carbonyl (C=O) groups excluding carboxylic acids is 1. The second-order valence-corrected chi connectivity index (χ2v) is 6.29. The Hall–Kier alpha value is -0.570. The van der Waals surface area contributed by atoms with Crippen LogP contribution in [-0.4, -0.2) is 24.8 Å². The summed E-state index contributed by atoms with van der Waals surface area (Å²) < 4.78 is 11.2. The van der Waals surface area contributed by atoms with Crippen LogP contribution in [0.3, 0.4) is 0 Å². The Bertz CT molecular complexity index is 269. The summed E-state index contributed by atoms with van der Waals surface area (Å²) in [7, 11) is 0. The Morgan fingerprint density at radius 2 is 1.80 bits per heavy atom. The first-order valence-corrected chi connectivity index (χ1v) is 8.37. The fraction of sp³-hybridized carbons (Fsp3) is 0.941. The molecule has 1 aliphatic rings. The van der Waals surface area contributed by atoms with Gasteiger partial charge in [-0.25, -0.2) is 0 Å². The van der Waals surface area contributed by atoms with Crippen molar-refractivity contribution in [1.82, 2.24) is 0 Å². The van der Waals surface area contributed by atoms with E-state index in [1.54, 1.807) is 0 Å². The van der Waals surface area contributed by atoms with Crippen LogP contribution in [0, 0.1) is 11.8 Å². The Balaban J connectivity index is 2.24. The van der Waals surface area contributed by atoms with Crippen LogP contribution in [0.2, 0.25) is 0 Å². The Labute approximate surface area is 124 Å². The number of ether oxygens (including phenoxy) is 2. The van der Waals surface area contributed by atoms with Crippen LogP contribution in [0.4, 0.5) is 0 Å². The van der Waals surface area contributed by atoms with Gasteiger partial charge in [-0.15, -0.1) is 0 Å². The molecule has 1 saturated carbocycles. The van der Waals surface area contributed by atoms with Crippen LogP contribution < -0.4 is 0 Å². The van der Waals surface area contributed by atoms with Crippen LogP contribution in [0.5, 0.6) is 0 Å². The molecule has 3 nitrogen and oxygen atoms in total. The van der Waals surface area contributed by atoms with E-state index < -0.39 is 0 Å². The lowest BCUT2D eigenvalue weighted by molar-refractivity contribution is -0.145. The van der Waals surface area contributed by atoms with Gasteiger partial charge in [0.2, 0.25) is 0 Å². The van der Waals surface area contributed by atoms with E-state index in [1.165, 1.54) is 12.8 Å². The third-order valence-corrected chi connectivity index (χ3v) is 4.48. The number of carbonyl (C=O) groups is 1. The van der Waals surface area contributed by atoms with Gasteiger partial charge in [-0.05, 0) is 57.3 Å². The zero-order chi connectivity index (χ0) is 15.0. The van der Waals surface area contributed by atoms with Gasteiger partial charge in [0.25, 0.3) is 0 Å². The molecule has 0 aromatic heterocycles. The highest BCUT2D eigenvalue weighted by Crippen LogP contribution is 2.33. The summed E-state index contributed by atoms with van der Waals surface area (Å²) in [5.41, 5.74) is 0. The third-order valence-electron chi connectivity index (χ3n) is 4.48. The van der Waals surface area contributed by atoms with Gasteiger partial charge < -0.3 is 9.47 Å². The highest BCUT2D eigenvalue weighted by molar-refractivity contribution is 5.69. The maximum absolute atomic E-state index is 11.7. The van der Waals surface area contributed by atoms with Crippen LogP contribution in [0.1, 0.15) is 72.6 Å². The van der Waals surface area contributed by atoms with Crippen molar-refractivity contribution in [2.75, 3.05) is 6.61 Å². The van der Waals surface area contributed by atoms with Crippen molar-refractivity contribution in [3.8, 4) is 0 Å². The van der Waals surface area contributed by atoms with E-state index in [9.17, 15) is 4.79 Å². The fourth-order valence-corrected chi connectivity index (χ4v) is 2.92. The lowest BCUT2D eigenvalue weighted by Gasteiger charge is -2.33. The summed E-state index contributed by atoms with van der Waals surface area (Å²) in [6.07, 6.45) is 8.01. The standard InChI is InChI=1S/C17H32O3/c1-5-11-19-17(18)12-13(3)15-7-9-16(10-8-15)20-14(4)6-2/h13-16H,5-12H2,1-4H3. The fourth-order valence-electron chi connectivity index (χ4n) is 2.92. The molecular weight excluding hydrogens is 252 g/mol. The first-order chi connectivity index (χ1) is 9.56. The summed E-state index contributed by atoms with van der Waals surface area (Å²) in [6, 6.07) is 0. The van der Waals surface area contributed by atoms with Crippen LogP contribution in [-0.2, 0) is 14.3 Å². The average Bonchev–Trinajstić information content (AvgIpc) is 2.45. The van der Waals surface area contributed by atoms with Gasteiger partial charge in [0.15, 0.2) is 0 Å². The van der Waals surface area contributed by atoms with Crippen molar-refractivity contribution >= 4 is 5.97 Å². The van der Waals surface area contributed by atoms with Gasteiger partial charge in [-0.2, -0.15) is 0 Å². The molecule has 0 radical (unpaired) electrons. The van der Waals surface area contributed by atoms with Gasteiger partial charge >= 0.3 is 5.97 Å². The van der Waals surface area contributed by atoms with E-state index in [2.05, 4.69) is 20.8 Å². The van der Waals surface area contributed by atoms with Crippen molar-refractivity contribution in [2.45, 2.75) is 84.8 Å². The lowest BCUT2D eigenvalue weighted by atomic mass is 9.78. The summed E-state index contributed by atoms with van der Waals surface area (Å²) in [5, 5.41) is 0. The second-order valence-electron chi connectivity index (χ2n) is 6.29. The van der Waals surface area contributed by atoms with Gasteiger partial charge in [0.05, 0.1) is 18.8 Å².